The minimum atomic E-state index is -0.799. The van der Waals surface area contributed by atoms with E-state index in [-0.39, 0.29) is 0 Å². The van der Waals surface area contributed by atoms with E-state index in [0.29, 0.717) is 13.1 Å². The van der Waals surface area contributed by atoms with E-state index in [1.165, 1.54) is 5.12 Å². The van der Waals surface area contributed by atoms with Crippen LogP contribution < -0.4 is 11.1 Å². The van der Waals surface area contributed by atoms with Crippen LogP contribution in [0.15, 0.2) is 5.10 Å². The third-order valence-corrected chi connectivity index (χ3v) is 3.61. The molecule has 0 saturated carbocycles. The van der Waals surface area contributed by atoms with Gasteiger partial charge in [0.2, 0.25) is 0 Å². The lowest BCUT2D eigenvalue weighted by Crippen LogP contribution is -2.53. The topological polar surface area (TPSA) is 91.0 Å². The normalized spacial score (nSPS) is 13.9. The lowest BCUT2D eigenvalue weighted by Gasteiger charge is -2.26. The molecule has 0 saturated heterocycles. The molecule has 0 aromatic carbocycles. The van der Waals surface area contributed by atoms with Crippen LogP contribution in [-0.4, -0.2) is 41.0 Å². The van der Waals surface area contributed by atoms with Crippen molar-refractivity contribution in [1.82, 2.24) is 15.4 Å². The third kappa shape index (κ3) is 5.91. The van der Waals surface area contributed by atoms with Gasteiger partial charge in [0, 0.05) is 18.7 Å². The number of nitrogens with two attached hydrogens (primary N) is 1. The number of nitrogens with one attached hydrogen (secondary N) is 1. The predicted octanol–water partition coefficient (Wildman–Crippen LogP) is 2.82. The van der Waals surface area contributed by atoms with Crippen LogP contribution in [0.25, 0.3) is 0 Å². The zero-order chi connectivity index (χ0) is 16.4. The number of imide groups is 1. The predicted molar refractivity (Wildman–Crippen MR) is 87.2 cm³/mol. The second-order valence-electron chi connectivity index (χ2n) is 5.56. The second-order valence-corrected chi connectivity index (χ2v) is 5.56. The maximum Gasteiger partial charge on any atom is 0.346 e. The Morgan fingerprint density at radius 3 is 2.55 bits per heavy atom. The molecule has 4 amide bonds. The lowest BCUT2D eigenvalue weighted by atomic mass is 10.1. The molecule has 0 bridgehead atoms. The summed E-state index contributed by atoms with van der Waals surface area (Å²) >= 11 is 0. The molecule has 1 rings (SSSR count). The van der Waals surface area contributed by atoms with Crippen molar-refractivity contribution in [2.24, 2.45) is 10.8 Å². The van der Waals surface area contributed by atoms with Gasteiger partial charge in [-0.3, -0.25) is 0 Å². The molecular formula is C15H29N5O2. The molecule has 0 aromatic heterocycles. The molecule has 0 aromatic rings. The molecule has 0 aliphatic carbocycles. The molecular weight excluding hydrogens is 282 g/mol. The maximum absolute atomic E-state index is 12.1. The van der Waals surface area contributed by atoms with Gasteiger partial charge in [-0.15, -0.1) is 5.01 Å². The van der Waals surface area contributed by atoms with Crippen molar-refractivity contribution in [3.63, 3.8) is 0 Å². The molecule has 22 heavy (non-hydrogen) atoms. The first kappa shape index (κ1) is 18.3. The molecule has 0 unspecified atom stereocenters. The van der Waals surface area contributed by atoms with Gasteiger partial charge in [-0.25, -0.2) is 9.59 Å². The highest BCUT2D eigenvalue weighted by Gasteiger charge is 2.28. The summed E-state index contributed by atoms with van der Waals surface area (Å²) in [6.45, 7) is 5.31. The van der Waals surface area contributed by atoms with Gasteiger partial charge >= 0.3 is 12.1 Å². The van der Waals surface area contributed by atoms with Gasteiger partial charge in [0.25, 0.3) is 0 Å². The number of hydrogen-bond donors (Lipinski definition) is 2. The van der Waals surface area contributed by atoms with Gasteiger partial charge in [-0.05, 0) is 19.3 Å². The molecule has 0 spiro atoms. The number of hydrazone groups is 1. The fourth-order valence-corrected chi connectivity index (χ4v) is 2.35. The first-order chi connectivity index (χ1) is 10.6. The lowest BCUT2D eigenvalue weighted by molar-refractivity contribution is 0.0604. The maximum atomic E-state index is 12.1. The molecule has 7 heteroatoms. The molecule has 3 N–H and O–H groups in total. The Morgan fingerprint density at radius 1 is 1.23 bits per heavy atom. The number of rotatable bonds is 9. The van der Waals surface area contributed by atoms with Crippen molar-refractivity contribution in [3.8, 4) is 0 Å². The zero-order valence-corrected chi connectivity index (χ0v) is 13.8. The van der Waals surface area contributed by atoms with Crippen molar-refractivity contribution in [1.29, 1.82) is 0 Å². The van der Waals surface area contributed by atoms with Gasteiger partial charge in [-0.2, -0.15) is 10.2 Å². The van der Waals surface area contributed by atoms with Crippen LogP contribution in [0, 0.1) is 0 Å². The molecule has 0 fully saturated rings. The Kier molecular flexibility index (Phi) is 8.32. The first-order valence-corrected chi connectivity index (χ1v) is 8.31. The Morgan fingerprint density at radius 2 is 1.91 bits per heavy atom. The number of nitrogens with zero attached hydrogens (tertiary/aromatic N) is 3. The molecule has 0 radical (unpaired) electrons. The molecule has 0 atom stereocenters. The first-order valence-electron chi connectivity index (χ1n) is 8.31. The SMILES string of the molecule is CCCCCNC(=O)N(C(N)=O)N1CCC(CCCCC)=N1. The summed E-state index contributed by atoms with van der Waals surface area (Å²) in [6.07, 6.45) is 8.10. The monoisotopic (exact) mass is 311 g/mol. The van der Waals surface area contributed by atoms with Crippen molar-refractivity contribution in [3.05, 3.63) is 0 Å². The van der Waals surface area contributed by atoms with Crippen molar-refractivity contribution in [2.75, 3.05) is 13.1 Å². The van der Waals surface area contributed by atoms with Gasteiger partial charge < -0.3 is 11.1 Å². The zero-order valence-electron chi connectivity index (χ0n) is 13.8. The Hall–Kier alpha value is -1.79. The van der Waals surface area contributed by atoms with Crippen LogP contribution >= 0.6 is 0 Å². The minimum Gasteiger partial charge on any atom is -0.350 e. The Labute approximate surface area is 132 Å². The number of hydrazine groups is 1. The van der Waals surface area contributed by atoms with E-state index in [9.17, 15) is 9.59 Å². The number of carbonyl (C=O) groups is 2. The van der Waals surface area contributed by atoms with Gasteiger partial charge in [0.1, 0.15) is 0 Å². The number of urea groups is 2. The highest BCUT2D eigenvalue weighted by Crippen LogP contribution is 2.14. The van der Waals surface area contributed by atoms with E-state index in [4.69, 9.17) is 5.73 Å². The molecule has 1 heterocycles. The third-order valence-electron chi connectivity index (χ3n) is 3.61. The van der Waals surface area contributed by atoms with E-state index in [2.05, 4.69) is 24.3 Å². The standard InChI is InChI=1S/C15H29N5O2/c1-3-5-7-9-13-10-12-19(18-13)20(14(16)21)15(22)17-11-8-6-4-2/h3-12H2,1-2H3,(H2,16,21)(H,17,22). The van der Waals surface area contributed by atoms with Gasteiger partial charge in [0.15, 0.2) is 0 Å². The summed E-state index contributed by atoms with van der Waals surface area (Å²) in [6, 6.07) is -1.30. The molecule has 126 valence electrons. The summed E-state index contributed by atoms with van der Waals surface area (Å²) < 4.78 is 0. The fourth-order valence-electron chi connectivity index (χ4n) is 2.35. The largest absolute Gasteiger partial charge is 0.350 e. The minimum absolute atomic E-state index is 0.498. The van der Waals surface area contributed by atoms with E-state index >= 15 is 0 Å². The van der Waals surface area contributed by atoms with E-state index in [1.807, 2.05) is 0 Å². The Balaban J connectivity index is 2.52. The van der Waals surface area contributed by atoms with Crippen LogP contribution in [0.2, 0.25) is 0 Å². The van der Waals surface area contributed by atoms with Gasteiger partial charge in [-0.1, -0.05) is 39.5 Å². The molecule has 1 aliphatic heterocycles. The quantitative estimate of drug-likeness (QED) is 0.641. The fraction of sp³-hybridized carbons (Fsp3) is 0.800. The number of carbonyl (C=O) groups excluding carboxylic acids is 2. The average molecular weight is 311 g/mol. The number of unbranched alkanes of at least 4 members (excludes halogenated alkanes) is 4. The van der Waals surface area contributed by atoms with Crippen LogP contribution in [0.4, 0.5) is 9.59 Å². The summed E-state index contributed by atoms with van der Waals surface area (Å²) in [5.41, 5.74) is 6.36. The summed E-state index contributed by atoms with van der Waals surface area (Å²) in [5, 5.41) is 9.37. The van der Waals surface area contributed by atoms with E-state index in [0.717, 1.165) is 62.1 Å². The summed E-state index contributed by atoms with van der Waals surface area (Å²) in [4.78, 5) is 23.7. The van der Waals surface area contributed by atoms with Crippen LogP contribution in [-0.2, 0) is 0 Å². The molecule has 7 nitrogen and oxygen atoms in total. The van der Waals surface area contributed by atoms with Crippen LogP contribution in [0.3, 0.4) is 0 Å². The van der Waals surface area contributed by atoms with Crippen molar-refractivity contribution < 1.29 is 9.59 Å². The Bertz CT molecular complexity index is 397. The highest BCUT2D eigenvalue weighted by molar-refractivity contribution is 5.93. The average Bonchev–Trinajstić information content (AvgIpc) is 2.92. The van der Waals surface area contributed by atoms with E-state index < -0.39 is 12.1 Å². The van der Waals surface area contributed by atoms with Crippen LogP contribution in [0.1, 0.15) is 65.2 Å². The smallest absolute Gasteiger partial charge is 0.346 e. The summed E-state index contributed by atoms with van der Waals surface area (Å²) in [5.74, 6) is 0. The van der Waals surface area contributed by atoms with Gasteiger partial charge in [0.05, 0.1) is 6.54 Å². The molecule has 1 aliphatic rings. The van der Waals surface area contributed by atoms with E-state index in [1.54, 1.807) is 0 Å². The van der Waals surface area contributed by atoms with Crippen LogP contribution in [0.5, 0.6) is 0 Å². The highest BCUT2D eigenvalue weighted by atomic mass is 16.2. The van der Waals surface area contributed by atoms with Crippen molar-refractivity contribution in [2.45, 2.75) is 65.2 Å². The number of hydrogen-bond acceptors (Lipinski definition) is 4. The number of primary amides is 1. The second kappa shape index (κ2) is 10.0. The number of amides is 4. The van der Waals surface area contributed by atoms with Crippen molar-refractivity contribution >= 4 is 17.8 Å². The summed E-state index contributed by atoms with van der Waals surface area (Å²) in [7, 11) is 0.